The van der Waals surface area contributed by atoms with Gasteiger partial charge in [-0.25, -0.2) is 14.2 Å². The lowest BCUT2D eigenvalue weighted by molar-refractivity contribution is 0.0594. The number of aromatic nitrogens is 1. The Morgan fingerprint density at radius 1 is 1.25 bits per heavy atom. The zero-order chi connectivity index (χ0) is 14.1. The molecular formula is C15H10FNO3. The molecule has 2 aromatic heterocycles. The van der Waals surface area contributed by atoms with E-state index in [1.54, 1.807) is 18.2 Å². The Morgan fingerprint density at radius 3 is 2.70 bits per heavy atom. The molecule has 100 valence electrons. The van der Waals surface area contributed by atoms with Gasteiger partial charge in [0.1, 0.15) is 11.4 Å². The van der Waals surface area contributed by atoms with Crippen LogP contribution >= 0.6 is 0 Å². The van der Waals surface area contributed by atoms with Crippen LogP contribution in [-0.4, -0.2) is 18.1 Å². The number of carbonyl (C=O) groups excluding carboxylic acids is 1. The molecular weight excluding hydrogens is 261 g/mol. The predicted octanol–water partition coefficient (Wildman–Crippen LogP) is 3.42. The number of fused-ring (bicyclic) bond motifs is 1. The lowest BCUT2D eigenvalue weighted by Crippen LogP contribution is -2.05. The van der Waals surface area contributed by atoms with Gasteiger partial charge in [0, 0.05) is 17.0 Å². The van der Waals surface area contributed by atoms with Crippen LogP contribution < -0.4 is 0 Å². The Balaban J connectivity index is 2.24. The molecule has 0 fully saturated rings. The van der Waals surface area contributed by atoms with Crippen LogP contribution in [0.1, 0.15) is 10.5 Å². The third-order valence-electron chi connectivity index (χ3n) is 2.96. The van der Waals surface area contributed by atoms with E-state index < -0.39 is 5.97 Å². The maximum atomic E-state index is 13.0. The first kappa shape index (κ1) is 12.3. The molecule has 4 nitrogen and oxygen atoms in total. The highest BCUT2D eigenvalue weighted by molar-refractivity contribution is 5.97. The number of nitrogens with zero attached hydrogens (tertiary/aromatic N) is 1. The quantitative estimate of drug-likeness (QED) is 0.670. The van der Waals surface area contributed by atoms with Crippen molar-refractivity contribution in [1.82, 2.24) is 4.98 Å². The van der Waals surface area contributed by atoms with Crippen molar-refractivity contribution >= 4 is 16.9 Å². The Bertz CT molecular complexity index is 777. The van der Waals surface area contributed by atoms with E-state index >= 15 is 0 Å². The summed E-state index contributed by atoms with van der Waals surface area (Å²) >= 11 is 0. The second-order valence-corrected chi connectivity index (χ2v) is 4.19. The summed E-state index contributed by atoms with van der Waals surface area (Å²) in [5.41, 5.74) is 1.93. The summed E-state index contributed by atoms with van der Waals surface area (Å²) in [5, 5.41) is 0.754. The maximum absolute atomic E-state index is 13.0. The van der Waals surface area contributed by atoms with Crippen molar-refractivity contribution in [2.24, 2.45) is 0 Å². The normalized spacial score (nSPS) is 10.7. The standard InChI is InChI=1S/C15H10FNO3/c1-19-15(18)12-8-13-11(6-7-20-13)14(17-12)9-2-4-10(16)5-3-9/h2-8H,1H3. The number of rotatable bonds is 2. The second-order valence-electron chi connectivity index (χ2n) is 4.19. The van der Waals surface area contributed by atoms with E-state index in [9.17, 15) is 9.18 Å². The van der Waals surface area contributed by atoms with Crippen molar-refractivity contribution < 1.29 is 18.3 Å². The van der Waals surface area contributed by atoms with Gasteiger partial charge in [0.2, 0.25) is 0 Å². The first-order valence-electron chi connectivity index (χ1n) is 5.91. The van der Waals surface area contributed by atoms with E-state index in [2.05, 4.69) is 9.72 Å². The fraction of sp³-hybridized carbons (Fsp3) is 0.0667. The first-order chi connectivity index (χ1) is 9.69. The average molecular weight is 271 g/mol. The highest BCUT2D eigenvalue weighted by Gasteiger charge is 2.15. The van der Waals surface area contributed by atoms with Crippen molar-refractivity contribution in [1.29, 1.82) is 0 Å². The number of ether oxygens (including phenoxy) is 1. The highest BCUT2D eigenvalue weighted by atomic mass is 19.1. The SMILES string of the molecule is COC(=O)c1cc2occc2c(-c2ccc(F)cc2)n1. The van der Waals surface area contributed by atoms with Crippen molar-refractivity contribution in [3.8, 4) is 11.3 Å². The van der Waals surface area contributed by atoms with Gasteiger partial charge in [0.25, 0.3) is 0 Å². The van der Waals surface area contributed by atoms with Crippen molar-refractivity contribution in [2.45, 2.75) is 0 Å². The summed E-state index contributed by atoms with van der Waals surface area (Å²) in [5.74, 6) is -0.882. The number of hydrogen-bond donors (Lipinski definition) is 0. The molecule has 2 heterocycles. The average Bonchev–Trinajstić information content (AvgIpc) is 2.94. The van der Waals surface area contributed by atoms with Crippen LogP contribution in [0.25, 0.3) is 22.2 Å². The molecule has 0 aliphatic heterocycles. The largest absolute Gasteiger partial charge is 0.464 e. The number of halogens is 1. The Hall–Kier alpha value is -2.69. The van der Waals surface area contributed by atoms with Crippen LogP contribution in [0.2, 0.25) is 0 Å². The molecule has 0 N–H and O–H groups in total. The molecule has 0 bridgehead atoms. The Labute approximate surface area is 113 Å². The summed E-state index contributed by atoms with van der Waals surface area (Å²) in [4.78, 5) is 15.9. The fourth-order valence-electron chi connectivity index (χ4n) is 2.00. The molecule has 0 spiro atoms. The van der Waals surface area contributed by atoms with Crippen LogP contribution in [0.15, 0.2) is 47.1 Å². The molecule has 0 atom stereocenters. The minimum atomic E-state index is -0.549. The van der Waals surface area contributed by atoms with E-state index in [-0.39, 0.29) is 11.5 Å². The third kappa shape index (κ3) is 2.03. The molecule has 0 unspecified atom stereocenters. The van der Waals surface area contributed by atoms with Crippen LogP contribution in [0.4, 0.5) is 4.39 Å². The van der Waals surface area contributed by atoms with Crippen molar-refractivity contribution in [2.75, 3.05) is 7.11 Å². The lowest BCUT2D eigenvalue weighted by atomic mass is 10.1. The molecule has 3 aromatic rings. The summed E-state index contributed by atoms with van der Waals surface area (Å²) in [7, 11) is 1.29. The van der Waals surface area contributed by atoms with Gasteiger partial charge in [-0.3, -0.25) is 0 Å². The molecule has 0 saturated carbocycles. The molecule has 20 heavy (non-hydrogen) atoms. The summed E-state index contributed by atoms with van der Waals surface area (Å²) in [6.07, 6.45) is 1.51. The van der Waals surface area contributed by atoms with Gasteiger partial charge in [-0.2, -0.15) is 0 Å². The van der Waals surface area contributed by atoms with Crippen LogP contribution in [0.5, 0.6) is 0 Å². The van der Waals surface area contributed by atoms with Crippen molar-refractivity contribution in [3.05, 3.63) is 54.2 Å². The van der Waals surface area contributed by atoms with Gasteiger partial charge < -0.3 is 9.15 Å². The molecule has 0 aliphatic rings. The topological polar surface area (TPSA) is 52.3 Å². The molecule has 1 aromatic carbocycles. The fourth-order valence-corrected chi connectivity index (χ4v) is 2.00. The summed E-state index contributed by atoms with van der Waals surface area (Å²) in [6, 6.07) is 9.16. The van der Waals surface area contributed by atoms with Gasteiger partial charge in [0.15, 0.2) is 5.69 Å². The number of methoxy groups -OCH3 is 1. The van der Waals surface area contributed by atoms with E-state index in [0.717, 1.165) is 5.39 Å². The Morgan fingerprint density at radius 2 is 2.00 bits per heavy atom. The first-order valence-corrected chi connectivity index (χ1v) is 5.91. The minimum Gasteiger partial charge on any atom is -0.464 e. The van der Waals surface area contributed by atoms with Gasteiger partial charge >= 0.3 is 5.97 Å². The summed E-state index contributed by atoms with van der Waals surface area (Å²) in [6.45, 7) is 0. The zero-order valence-electron chi connectivity index (χ0n) is 10.6. The molecule has 0 aliphatic carbocycles. The summed E-state index contributed by atoms with van der Waals surface area (Å²) < 4.78 is 23.0. The van der Waals surface area contributed by atoms with Gasteiger partial charge in [-0.1, -0.05) is 0 Å². The monoisotopic (exact) mass is 271 g/mol. The lowest BCUT2D eigenvalue weighted by Gasteiger charge is -2.05. The molecule has 5 heteroatoms. The molecule has 0 radical (unpaired) electrons. The van der Waals surface area contributed by atoms with E-state index in [1.807, 2.05) is 0 Å². The third-order valence-corrected chi connectivity index (χ3v) is 2.96. The Kier molecular flexibility index (Phi) is 2.95. The molecule has 0 amide bonds. The number of esters is 1. The number of furan rings is 1. The molecule has 3 rings (SSSR count). The number of pyridine rings is 1. The smallest absolute Gasteiger partial charge is 0.356 e. The number of carbonyl (C=O) groups is 1. The van der Waals surface area contributed by atoms with E-state index in [1.165, 1.54) is 31.6 Å². The van der Waals surface area contributed by atoms with E-state index in [0.29, 0.717) is 16.8 Å². The van der Waals surface area contributed by atoms with E-state index in [4.69, 9.17) is 4.42 Å². The van der Waals surface area contributed by atoms with Gasteiger partial charge in [0.05, 0.1) is 19.1 Å². The second kappa shape index (κ2) is 4.77. The maximum Gasteiger partial charge on any atom is 0.356 e. The predicted molar refractivity (Wildman–Crippen MR) is 70.7 cm³/mol. The highest BCUT2D eigenvalue weighted by Crippen LogP contribution is 2.28. The zero-order valence-corrected chi connectivity index (χ0v) is 10.6. The number of hydrogen-bond acceptors (Lipinski definition) is 4. The van der Waals surface area contributed by atoms with Crippen molar-refractivity contribution in [3.63, 3.8) is 0 Å². The van der Waals surface area contributed by atoms with Gasteiger partial charge in [-0.15, -0.1) is 0 Å². The van der Waals surface area contributed by atoms with Crippen LogP contribution in [-0.2, 0) is 4.74 Å². The number of benzene rings is 1. The van der Waals surface area contributed by atoms with Crippen LogP contribution in [0.3, 0.4) is 0 Å². The van der Waals surface area contributed by atoms with Crippen LogP contribution in [0, 0.1) is 5.82 Å². The van der Waals surface area contributed by atoms with Gasteiger partial charge in [-0.05, 0) is 30.3 Å². The molecule has 0 saturated heterocycles. The minimum absolute atomic E-state index is 0.147.